The lowest BCUT2D eigenvalue weighted by Crippen LogP contribution is -2.56. The zero-order valence-corrected chi connectivity index (χ0v) is 11.9. The van der Waals surface area contributed by atoms with E-state index in [0.29, 0.717) is 26.2 Å². The van der Waals surface area contributed by atoms with E-state index >= 15 is 0 Å². The molecule has 2 aliphatic heterocycles. The van der Waals surface area contributed by atoms with Crippen LogP contribution in [0.2, 0.25) is 0 Å². The lowest BCUT2D eigenvalue weighted by atomic mass is 10.1. The van der Waals surface area contributed by atoms with E-state index in [1.807, 2.05) is 13.8 Å². The van der Waals surface area contributed by atoms with Gasteiger partial charge in [-0.1, -0.05) is 0 Å². The van der Waals surface area contributed by atoms with Gasteiger partial charge in [0, 0.05) is 31.7 Å². The minimum Gasteiger partial charge on any atom is -0.375 e. The Bertz CT molecular complexity index is 379. The van der Waals surface area contributed by atoms with Gasteiger partial charge in [0.2, 0.25) is 0 Å². The Morgan fingerprint density at radius 3 is 2.44 bits per heavy atom. The summed E-state index contributed by atoms with van der Waals surface area (Å²) in [7, 11) is -3.36. The van der Waals surface area contributed by atoms with Crippen molar-refractivity contribution in [3.63, 3.8) is 0 Å². The van der Waals surface area contributed by atoms with Crippen molar-refractivity contribution in [2.24, 2.45) is 5.73 Å². The molecule has 0 aliphatic carbocycles. The first kappa shape index (κ1) is 14.2. The molecule has 6 nitrogen and oxygen atoms in total. The summed E-state index contributed by atoms with van der Waals surface area (Å²) in [5, 5.41) is 0. The number of piperidine rings is 1. The largest absolute Gasteiger partial charge is 0.375 e. The first-order chi connectivity index (χ1) is 8.41. The van der Waals surface area contributed by atoms with E-state index in [-0.39, 0.29) is 18.2 Å². The third-order valence-electron chi connectivity index (χ3n) is 3.67. The van der Waals surface area contributed by atoms with Crippen LogP contribution in [-0.2, 0) is 14.9 Å². The van der Waals surface area contributed by atoms with Crippen molar-refractivity contribution >= 4 is 10.2 Å². The third-order valence-corrected chi connectivity index (χ3v) is 5.79. The normalized spacial score (nSPS) is 33.7. The molecular formula is C11H23N3O3S. The van der Waals surface area contributed by atoms with E-state index in [1.54, 1.807) is 8.61 Å². The molecule has 0 unspecified atom stereocenters. The Hall–Kier alpha value is -0.210. The van der Waals surface area contributed by atoms with Crippen molar-refractivity contribution < 1.29 is 13.2 Å². The Morgan fingerprint density at radius 2 is 1.83 bits per heavy atom. The predicted octanol–water partition coefficient (Wildman–Crippen LogP) is -0.236. The molecule has 0 aromatic rings. The van der Waals surface area contributed by atoms with Crippen molar-refractivity contribution in [3.05, 3.63) is 0 Å². The van der Waals surface area contributed by atoms with Crippen LogP contribution in [-0.4, -0.2) is 61.5 Å². The first-order valence-electron chi connectivity index (χ1n) is 6.55. The Labute approximate surface area is 109 Å². The number of hydrogen-bond acceptors (Lipinski definition) is 4. The van der Waals surface area contributed by atoms with Crippen LogP contribution < -0.4 is 5.73 Å². The summed E-state index contributed by atoms with van der Waals surface area (Å²) in [5.74, 6) is 0. The van der Waals surface area contributed by atoms with Crippen molar-refractivity contribution in [2.45, 2.75) is 44.9 Å². The quantitative estimate of drug-likeness (QED) is 0.756. The van der Waals surface area contributed by atoms with Crippen LogP contribution in [0.25, 0.3) is 0 Å². The number of ether oxygens (including phenoxy) is 1. The molecule has 2 aliphatic rings. The maximum atomic E-state index is 12.6. The van der Waals surface area contributed by atoms with Gasteiger partial charge >= 0.3 is 0 Å². The van der Waals surface area contributed by atoms with E-state index in [1.165, 1.54) is 0 Å². The van der Waals surface area contributed by atoms with Crippen LogP contribution in [0.1, 0.15) is 26.7 Å². The van der Waals surface area contributed by atoms with E-state index < -0.39 is 10.2 Å². The summed E-state index contributed by atoms with van der Waals surface area (Å²) in [5.41, 5.74) is 5.81. The summed E-state index contributed by atoms with van der Waals surface area (Å²) < 4.78 is 33.7. The molecule has 2 N–H and O–H groups in total. The van der Waals surface area contributed by atoms with Gasteiger partial charge in [-0.25, -0.2) is 0 Å². The summed E-state index contributed by atoms with van der Waals surface area (Å²) in [6.07, 6.45) is 1.45. The van der Waals surface area contributed by atoms with Gasteiger partial charge in [-0.15, -0.1) is 0 Å². The van der Waals surface area contributed by atoms with E-state index in [0.717, 1.165) is 12.8 Å². The Balaban J connectivity index is 2.09. The fraction of sp³-hybridized carbons (Fsp3) is 1.00. The zero-order valence-electron chi connectivity index (χ0n) is 11.1. The van der Waals surface area contributed by atoms with Crippen LogP contribution in [0.15, 0.2) is 0 Å². The minimum atomic E-state index is -3.36. The van der Waals surface area contributed by atoms with Crippen LogP contribution in [0.3, 0.4) is 0 Å². The summed E-state index contributed by atoms with van der Waals surface area (Å²) >= 11 is 0. The lowest BCUT2D eigenvalue weighted by Gasteiger charge is -2.40. The van der Waals surface area contributed by atoms with Gasteiger partial charge in [-0.3, -0.25) is 0 Å². The molecule has 0 aromatic carbocycles. The zero-order chi connectivity index (χ0) is 13.3. The molecule has 2 atom stereocenters. The summed E-state index contributed by atoms with van der Waals surface area (Å²) in [6, 6.07) is 0.0410. The van der Waals surface area contributed by atoms with Crippen LogP contribution in [0.4, 0.5) is 0 Å². The number of morpholine rings is 1. The third kappa shape index (κ3) is 2.85. The molecule has 0 spiro atoms. The smallest absolute Gasteiger partial charge is 0.282 e. The second-order valence-electron chi connectivity index (χ2n) is 5.31. The number of rotatable bonds is 2. The maximum Gasteiger partial charge on any atom is 0.282 e. The molecule has 2 fully saturated rings. The molecule has 0 radical (unpaired) electrons. The number of hydrogen-bond donors (Lipinski definition) is 1. The Morgan fingerprint density at radius 1 is 1.22 bits per heavy atom. The highest BCUT2D eigenvalue weighted by Gasteiger charge is 2.38. The van der Waals surface area contributed by atoms with Crippen molar-refractivity contribution in [3.8, 4) is 0 Å². The van der Waals surface area contributed by atoms with Crippen LogP contribution >= 0.6 is 0 Å². The molecule has 0 aromatic heterocycles. The molecule has 106 valence electrons. The van der Waals surface area contributed by atoms with Gasteiger partial charge in [0.05, 0.1) is 12.7 Å². The van der Waals surface area contributed by atoms with Crippen molar-refractivity contribution in [2.75, 3.05) is 26.2 Å². The van der Waals surface area contributed by atoms with E-state index in [4.69, 9.17) is 10.5 Å². The van der Waals surface area contributed by atoms with Crippen LogP contribution in [0, 0.1) is 0 Å². The fourth-order valence-electron chi connectivity index (χ4n) is 2.45. The monoisotopic (exact) mass is 277 g/mol. The fourth-order valence-corrected chi connectivity index (χ4v) is 4.33. The SMILES string of the molecule is C[C@@H]1CN(S(=O)(=O)N2CCC(N)CC2)[C@H](C)CO1. The van der Waals surface area contributed by atoms with Gasteiger partial charge in [-0.05, 0) is 26.7 Å². The second-order valence-corrected chi connectivity index (χ2v) is 7.19. The molecule has 2 heterocycles. The van der Waals surface area contributed by atoms with Crippen LogP contribution in [0.5, 0.6) is 0 Å². The van der Waals surface area contributed by atoms with Gasteiger partial charge in [0.25, 0.3) is 10.2 Å². The summed E-state index contributed by atoms with van der Waals surface area (Å²) in [6.45, 7) is 5.75. The highest BCUT2D eigenvalue weighted by atomic mass is 32.2. The molecule has 18 heavy (non-hydrogen) atoms. The van der Waals surface area contributed by atoms with Crippen molar-refractivity contribution in [1.29, 1.82) is 0 Å². The molecule has 2 rings (SSSR count). The minimum absolute atomic E-state index is 0.0389. The maximum absolute atomic E-state index is 12.6. The standard InChI is InChI=1S/C11H23N3O3S/c1-9-8-17-10(2)7-14(9)18(15,16)13-5-3-11(12)4-6-13/h9-11H,3-8,12H2,1-2H3/t9-,10-/m1/s1. The van der Waals surface area contributed by atoms with Gasteiger partial charge in [-0.2, -0.15) is 17.0 Å². The lowest BCUT2D eigenvalue weighted by molar-refractivity contribution is -0.0193. The highest BCUT2D eigenvalue weighted by Crippen LogP contribution is 2.21. The topological polar surface area (TPSA) is 75.9 Å². The molecule has 0 saturated carbocycles. The molecule has 0 amide bonds. The van der Waals surface area contributed by atoms with Gasteiger partial charge < -0.3 is 10.5 Å². The number of nitrogens with zero attached hydrogens (tertiary/aromatic N) is 2. The van der Waals surface area contributed by atoms with Gasteiger partial charge in [0.15, 0.2) is 0 Å². The highest BCUT2D eigenvalue weighted by molar-refractivity contribution is 7.86. The molecule has 0 bridgehead atoms. The average molecular weight is 277 g/mol. The molecular weight excluding hydrogens is 254 g/mol. The Kier molecular flexibility index (Phi) is 4.28. The first-order valence-corrected chi connectivity index (χ1v) is 7.95. The molecule has 7 heteroatoms. The predicted molar refractivity (Wildman–Crippen MR) is 69.3 cm³/mol. The molecule has 2 saturated heterocycles. The van der Waals surface area contributed by atoms with E-state index in [9.17, 15) is 8.42 Å². The van der Waals surface area contributed by atoms with Crippen molar-refractivity contribution in [1.82, 2.24) is 8.61 Å². The van der Waals surface area contributed by atoms with E-state index in [2.05, 4.69) is 0 Å². The second kappa shape index (κ2) is 5.42. The average Bonchev–Trinajstić information content (AvgIpc) is 2.32. The number of nitrogens with two attached hydrogens (primary N) is 1. The van der Waals surface area contributed by atoms with Gasteiger partial charge in [0.1, 0.15) is 0 Å². The summed E-state index contributed by atoms with van der Waals surface area (Å²) in [4.78, 5) is 0.